The highest BCUT2D eigenvalue weighted by Gasteiger charge is 2.36. The summed E-state index contributed by atoms with van der Waals surface area (Å²) >= 11 is 0. The average molecular weight is 462 g/mol. The zero-order valence-electron chi connectivity index (χ0n) is 17.8. The molecule has 0 unspecified atom stereocenters. The van der Waals surface area contributed by atoms with E-state index in [9.17, 15) is 17.6 Å². The maximum Gasteiger partial charge on any atom is 0.253 e. The molecule has 2 aliphatic rings. The molecular formula is C23H28FN3O4S. The van der Waals surface area contributed by atoms with Crippen LogP contribution in [0.5, 0.6) is 0 Å². The molecule has 2 aromatic carbocycles. The molecule has 1 aliphatic heterocycles. The second-order valence-electron chi connectivity index (χ2n) is 8.50. The van der Waals surface area contributed by atoms with Crippen molar-refractivity contribution in [1.82, 2.24) is 5.32 Å². The maximum atomic E-state index is 13.4. The van der Waals surface area contributed by atoms with Crippen molar-refractivity contribution in [3.05, 3.63) is 59.4 Å². The van der Waals surface area contributed by atoms with Gasteiger partial charge in [0.05, 0.1) is 23.7 Å². The van der Waals surface area contributed by atoms with Gasteiger partial charge in [-0.15, -0.1) is 0 Å². The van der Waals surface area contributed by atoms with Crippen LogP contribution in [0.15, 0.2) is 47.4 Å². The monoisotopic (exact) mass is 461 g/mol. The highest BCUT2D eigenvalue weighted by Crippen LogP contribution is 2.40. The number of ether oxygens (including phenoxy) is 1. The lowest BCUT2D eigenvalue weighted by atomic mass is 9.78. The summed E-state index contributed by atoms with van der Waals surface area (Å²) in [7, 11) is -3.95. The van der Waals surface area contributed by atoms with Gasteiger partial charge >= 0.3 is 0 Å². The molecule has 1 aliphatic carbocycles. The number of morpholine rings is 1. The minimum absolute atomic E-state index is 0.103. The summed E-state index contributed by atoms with van der Waals surface area (Å²) in [5.41, 5.74) is 1.66. The normalized spacial score (nSPS) is 18.5. The lowest BCUT2D eigenvalue weighted by molar-refractivity contribution is 0.0941. The molecule has 1 saturated carbocycles. The Bertz CT molecular complexity index is 1080. The van der Waals surface area contributed by atoms with Crippen molar-refractivity contribution in [2.75, 3.05) is 37.7 Å². The predicted molar refractivity (Wildman–Crippen MR) is 120 cm³/mol. The molecule has 1 heterocycles. The minimum atomic E-state index is -3.95. The summed E-state index contributed by atoms with van der Waals surface area (Å²) in [6.07, 6.45) is 3.86. The van der Waals surface area contributed by atoms with E-state index in [4.69, 9.17) is 9.88 Å². The van der Waals surface area contributed by atoms with Crippen molar-refractivity contribution in [3.8, 4) is 0 Å². The third-order valence-electron chi connectivity index (χ3n) is 6.50. The Hall–Kier alpha value is -2.49. The lowest BCUT2D eigenvalue weighted by Crippen LogP contribution is -2.41. The van der Waals surface area contributed by atoms with Crippen molar-refractivity contribution in [1.29, 1.82) is 0 Å². The van der Waals surface area contributed by atoms with Crippen LogP contribution in [0.1, 0.15) is 41.6 Å². The number of carbonyl (C=O) groups is 1. The minimum Gasteiger partial charge on any atom is -0.378 e. The van der Waals surface area contributed by atoms with Gasteiger partial charge < -0.3 is 15.0 Å². The molecule has 32 heavy (non-hydrogen) atoms. The van der Waals surface area contributed by atoms with Crippen molar-refractivity contribution >= 4 is 21.6 Å². The van der Waals surface area contributed by atoms with Gasteiger partial charge in [0.2, 0.25) is 10.0 Å². The SMILES string of the molecule is NS(=O)(=O)c1ccc(N2CCOCC2)c(C(=O)NCC2(c3ccc(F)cc3)CCCC2)c1. The molecule has 4 rings (SSSR count). The first kappa shape index (κ1) is 22.7. The Morgan fingerprint density at radius 2 is 1.75 bits per heavy atom. The third kappa shape index (κ3) is 4.79. The highest BCUT2D eigenvalue weighted by atomic mass is 32.2. The Labute approximate surface area is 187 Å². The molecule has 0 aromatic heterocycles. The van der Waals surface area contributed by atoms with E-state index in [1.54, 1.807) is 18.2 Å². The van der Waals surface area contributed by atoms with E-state index in [1.807, 2.05) is 4.90 Å². The van der Waals surface area contributed by atoms with Crippen LogP contribution in [0.3, 0.4) is 0 Å². The number of hydrogen-bond donors (Lipinski definition) is 2. The van der Waals surface area contributed by atoms with Gasteiger partial charge in [0.25, 0.3) is 5.91 Å². The van der Waals surface area contributed by atoms with Crippen molar-refractivity contribution < 1.29 is 22.3 Å². The molecule has 172 valence electrons. The molecular weight excluding hydrogens is 433 g/mol. The van der Waals surface area contributed by atoms with E-state index < -0.39 is 10.0 Å². The predicted octanol–water partition coefficient (Wildman–Crippen LogP) is 2.55. The maximum absolute atomic E-state index is 13.4. The summed E-state index contributed by atoms with van der Waals surface area (Å²) < 4.78 is 42.7. The number of hydrogen-bond acceptors (Lipinski definition) is 5. The first-order chi connectivity index (χ1) is 15.3. The number of halogens is 1. The molecule has 0 bridgehead atoms. The van der Waals surface area contributed by atoms with Crippen LogP contribution in [0.2, 0.25) is 0 Å². The van der Waals surface area contributed by atoms with Crippen LogP contribution < -0.4 is 15.4 Å². The number of nitrogens with two attached hydrogens (primary N) is 1. The van der Waals surface area contributed by atoms with Crippen molar-refractivity contribution in [2.24, 2.45) is 5.14 Å². The van der Waals surface area contributed by atoms with Gasteiger partial charge in [0, 0.05) is 30.7 Å². The van der Waals surface area contributed by atoms with Crippen LogP contribution in [0.25, 0.3) is 0 Å². The van der Waals surface area contributed by atoms with Crippen LogP contribution in [-0.4, -0.2) is 47.2 Å². The number of amides is 1. The Balaban J connectivity index is 1.61. The molecule has 1 amide bonds. The standard InChI is InChI=1S/C23H28FN3O4S/c24-18-5-3-17(4-6-18)23(9-1-2-10-23)16-26-22(28)20-15-19(32(25,29)30)7-8-21(20)27-11-13-31-14-12-27/h3-8,15H,1-2,9-14,16H2,(H,26,28)(H2,25,29,30). The van der Waals surface area contributed by atoms with Crippen LogP contribution in [0, 0.1) is 5.82 Å². The molecule has 0 spiro atoms. The average Bonchev–Trinajstić information content (AvgIpc) is 3.27. The number of rotatable bonds is 6. The number of sulfonamides is 1. The molecule has 0 atom stereocenters. The third-order valence-corrected chi connectivity index (χ3v) is 7.41. The fourth-order valence-electron chi connectivity index (χ4n) is 4.72. The Morgan fingerprint density at radius 1 is 1.09 bits per heavy atom. The number of anilines is 1. The second-order valence-corrected chi connectivity index (χ2v) is 10.1. The molecule has 7 nitrogen and oxygen atoms in total. The summed E-state index contributed by atoms with van der Waals surface area (Å²) in [6, 6.07) is 10.9. The zero-order valence-corrected chi connectivity index (χ0v) is 18.7. The fourth-order valence-corrected chi connectivity index (χ4v) is 5.26. The Morgan fingerprint density at radius 3 is 2.38 bits per heavy atom. The van der Waals surface area contributed by atoms with E-state index in [-0.39, 0.29) is 27.6 Å². The van der Waals surface area contributed by atoms with E-state index in [2.05, 4.69) is 5.32 Å². The molecule has 1 saturated heterocycles. The van der Waals surface area contributed by atoms with Gasteiger partial charge in [-0.25, -0.2) is 17.9 Å². The largest absolute Gasteiger partial charge is 0.378 e. The number of benzene rings is 2. The molecule has 0 radical (unpaired) electrons. The van der Waals surface area contributed by atoms with E-state index >= 15 is 0 Å². The highest BCUT2D eigenvalue weighted by molar-refractivity contribution is 7.89. The number of nitrogens with zero attached hydrogens (tertiary/aromatic N) is 1. The van der Waals surface area contributed by atoms with E-state index in [0.717, 1.165) is 31.2 Å². The zero-order chi connectivity index (χ0) is 22.8. The van der Waals surface area contributed by atoms with Gasteiger partial charge in [-0.1, -0.05) is 25.0 Å². The van der Waals surface area contributed by atoms with E-state index in [1.165, 1.54) is 24.3 Å². The summed E-state index contributed by atoms with van der Waals surface area (Å²) in [5.74, 6) is -0.647. The molecule has 2 aromatic rings. The molecule has 9 heteroatoms. The molecule has 2 fully saturated rings. The Kier molecular flexibility index (Phi) is 6.50. The smallest absolute Gasteiger partial charge is 0.253 e. The lowest BCUT2D eigenvalue weighted by Gasteiger charge is -2.32. The topological polar surface area (TPSA) is 102 Å². The van der Waals surface area contributed by atoms with Crippen LogP contribution >= 0.6 is 0 Å². The van der Waals surface area contributed by atoms with Crippen molar-refractivity contribution in [3.63, 3.8) is 0 Å². The number of carbonyl (C=O) groups excluding carboxylic acids is 1. The molecule has 3 N–H and O–H groups in total. The van der Waals surface area contributed by atoms with Crippen LogP contribution in [0.4, 0.5) is 10.1 Å². The second kappa shape index (κ2) is 9.17. The van der Waals surface area contributed by atoms with Gasteiger partial charge in [-0.2, -0.15) is 0 Å². The summed E-state index contributed by atoms with van der Waals surface area (Å²) in [6.45, 7) is 2.67. The quantitative estimate of drug-likeness (QED) is 0.689. The van der Waals surface area contributed by atoms with Gasteiger partial charge in [-0.05, 0) is 48.7 Å². The van der Waals surface area contributed by atoms with Gasteiger partial charge in [0.1, 0.15) is 5.82 Å². The number of primary sulfonamides is 1. The summed E-state index contributed by atoms with van der Waals surface area (Å²) in [5, 5.41) is 8.34. The van der Waals surface area contributed by atoms with Crippen molar-refractivity contribution in [2.45, 2.75) is 36.0 Å². The van der Waals surface area contributed by atoms with Gasteiger partial charge in [0.15, 0.2) is 0 Å². The van der Waals surface area contributed by atoms with E-state index in [0.29, 0.717) is 38.5 Å². The van der Waals surface area contributed by atoms with Crippen LogP contribution in [-0.2, 0) is 20.2 Å². The fraction of sp³-hybridized carbons (Fsp3) is 0.435. The van der Waals surface area contributed by atoms with Gasteiger partial charge in [-0.3, -0.25) is 4.79 Å². The first-order valence-corrected chi connectivity index (χ1v) is 12.4. The summed E-state index contributed by atoms with van der Waals surface area (Å²) in [4.78, 5) is 15.2. The first-order valence-electron chi connectivity index (χ1n) is 10.8. The number of nitrogens with one attached hydrogen (secondary N) is 1.